The van der Waals surface area contributed by atoms with Crippen molar-refractivity contribution < 1.29 is 24.2 Å². The molecule has 1 fully saturated rings. The van der Waals surface area contributed by atoms with Crippen molar-refractivity contribution in [3.05, 3.63) is 64.2 Å². The molecular weight excluding hydrogens is 432 g/mol. The number of rotatable bonds is 8. The summed E-state index contributed by atoms with van der Waals surface area (Å²) < 4.78 is 10.4. The molecule has 1 atom stereocenters. The van der Waals surface area contributed by atoms with Gasteiger partial charge in [0.15, 0.2) is 0 Å². The van der Waals surface area contributed by atoms with Crippen LogP contribution < -0.4 is 9.47 Å². The Kier molecular flexibility index (Phi) is 7.43. The molecule has 1 N–H and O–H groups in total. The summed E-state index contributed by atoms with van der Waals surface area (Å²) in [5, 5.41) is 11.4. The highest BCUT2D eigenvalue weighted by molar-refractivity contribution is 6.46. The minimum atomic E-state index is -0.722. The van der Waals surface area contributed by atoms with E-state index in [1.54, 1.807) is 43.5 Å². The van der Waals surface area contributed by atoms with E-state index >= 15 is 0 Å². The normalized spacial score (nSPS) is 17.8. The number of aliphatic hydroxyl groups excluding tert-OH is 1. The van der Waals surface area contributed by atoms with Crippen LogP contribution in [0.15, 0.2) is 48.0 Å². The molecule has 32 heavy (non-hydrogen) atoms. The number of benzene rings is 2. The number of nitrogens with zero attached hydrogens (tertiary/aromatic N) is 2. The van der Waals surface area contributed by atoms with Gasteiger partial charge in [-0.25, -0.2) is 0 Å². The fourth-order valence-corrected chi connectivity index (χ4v) is 4.03. The molecule has 3 rings (SSSR count). The summed E-state index contributed by atoms with van der Waals surface area (Å²) in [7, 11) is 6.95. The van der Waals surface area contributed by atoms with Gasteiger partial charge < -0.3 is 24.4 Å². The van der Waals surface area contributed by atoms with Crippen LogP contribution in [-0.4, -0.2) is 68.0 Å². The summed E-state index contributed by atoms with van der Waals surface area (Å²) in [6.45, 7) is 1.13. The van der Waals surface area contributed by atoms with Crippen LogP contribution in [0.3, 0.4) is 0 Å². The Balaban J connectivity index is 2.10. The van der Waals surface area contributed by atoms with E-state index in [1.165, 1.54) is 18.1 Å². The SMILES string of the molecule is COc1ccc([C@@H]2C(=C(O)c3ccc(OC)c(Cl)c3)C(=O)C(=O)N2CCCN(C)C)cc1. The van der Waals surface area contributed by atoms with Crippen molar-refractivity contribution in [1.82, 2.24) is 9.80 Å². The zero-order valence-corrected chi connectivity index (χ0v) is 19.3. The standard InChI is InChI=1S/C24H27ClN2O5/c1-26(2)12-5-13-27-21(15-6-9-17(31-3)10-7-15)20(23(29)24(27)30)22(28)16-8-11-19(32-4)18(25)14-16/h6-11,14,21,28H,5,12-13H2,1-4H3/t21-/m1/s1. The summed E-state index contributed by atoms with van der Waals surface area (Å²) in [4.78, 5) is 29.5. The molecule has 0 radical (unpaired) electrons. The van der Waals surface area contributed by atoms with Crippen LogP contribution in [0.25, 0.3) is 5.76 Å². The lowest BCUT2D eigenvalue weighted by Gasteiger charge is -2.26. The lowest BCUT2D eigenvalue weighted by atomic mass is 9.95. The smallest absolute Gasteiger partial charge is 0.295 e. The summed E-state index contributed by atoms with van der Waals surface area (Å²) in [5.41, 5.74) is 1.07. The van der Waals surface area contributed by atoms with Crippen molar-refractivity contribution in [2.24, 2.45) is 0 Å². The first-order valence-electron chi connectivity index (χ1n) is 10.2. The van der Waals surface area contributed by atoms with Crippen LogP contribution in [0.2, 0.25) is 5.02 Å². The summed E-state index contributed by atoms with van der Waals surface area (Å²) in [5.74, 6) is -0.533. The molecule has 0 aromatic heterocycles. The van der Waals surface area contributed by atoms with Gasteiger partial charge in [0.2, 0.25) is 0 Å². The second kappa shape index (κ2) is 10.1. The molecule has 7 nitrogen and oxygen atoms in total. The van der Waals surface area contributed by atoms with Gasteiger partial charge in [-0.2, -0.15) is 0 Å². The molecule has 1 aliphatic heterocycles. The predicted molar refractivity (Wildman–Crippen MR) is 123 cm³/mol. The number of amides is 1. The highest BCUT2D eigenvalue weighted by atomic mass is 35.5. The number of ketones is 1. The lowest BCUT2D eigenvalue weighted by Crippen LogP contribution is -2.32. The minimum absolute atomic E-state index is 0.0336. The highest BCUT2D eigenvalue weighted by Crippen LogP contribution is 2.40. The van der Waals surface area contributed by atoms with Gasteiger partial charge in [-0.15, -0.1) is 0 Å². The van der Waals surface area contributed by atoms with E-state index in [2.05, 4.69) is 0 Å². The van der Waals surface area contributed by atoms with Crippen LogP contribution >= 0.6 is 11.6 Å². The van der Waals surface area contributed by atoms with Gasteiger partial charge in [0, 0.05) is 12.1 Å². The predicted octanol–water partition coefficient (Wildman–Crippen LogP) is 3.73. The third kappa shape index (κ3) is 4.74. The number of carbonyl (C=O) groups excluding carboxylic acids is 2. The molecule has 1 saturated heterocycles. The van der Waals surface area contributed by atoms with Crippen molar-refractivity contribution in [2.45, 2.75) is 12.5 Å². The van der Waals surface area contributed by atoms with Crippen LogP contribution in [0, 0.1) is 0 Å². The average molecular weight is 459 g/mol. The molecule has 1 aliphatic rings. The first-order chi connectivity index (χ1) is 15.3. The van der Waals surface area contributed by atoms with E-state index in [0.29, 0.717) is 35.6 Å². The van der Waals surface area contributed by atoms with E-state index < -0.39 is 17.7 Å². The number of likely N-dealkylation sites (tertiary alicyclic amines) is 1. The zero-order chi connectivity index (χ0) is 23.4. The second-order valence-corrected chi connectivity index (χ2v) is 8.18. The van der Waals surface area contributed by atoms with Gasteiger partial charge >= 0.3 is 0 Å². The van der Waals surface area contributed by atoms with Gasteiger partial charge in [-0.05, 0) is 63.0 Å². The van der Waals surface area contributed by atoms with E-state index in [-0.39, 0.29) is 16.4 Å². The molecule has 1 heterocycles. The number of carbonyl (C=O) groups is 2. The lowest BCUT2D eigenvalue weighted by molar-refractivity contribution is -0.139. The number of Topliss-reactive ketones (excluding diaryl/α,β-unsaturated/α-hetero) is 1. The molecule has 170 valence electrons. The van der Waals surface area contributed by atoms with Gasteiger partial charge in [0.25, 0.3) is 11.7 Å². The van der Waals surface area contributed by atoms with Gasteiger partial charge in [-0.1, -0.05) is 23.7 Å². The molecule has 0 spiro atoms. The Labute approximate surface area is 192 Å². The van der Waals surface area contributed by atoms with E-state index in [9.17, 15) is 14.7 Å². The molecule has 0 aliphatic carbocycles. The summed E-state index contributed by atoms with van der Waals surface area (Å²) in [6, 6.07) is 11.1. The van der Waals surface area contributed by atoms with E-state index in [4.69, 9.17) is 21.1 Å². The third-order valence-corrected chi connectivity index (χ3v) is 5.70. The van der Waals surface area contributed by atoms with Crippen molar-refractivity contribution in [3.63, 3.8) is 0 Å². The topological polar surface area (TPSA) is 79.3 Å². The molecule has 0 saturated carbocycles. The van der Waals surface area contributed by atoms with Gasteiger partial charge in [0.05, 0.1) is 30.9 Å². The van der Waals surface area contributed by atoms with Crippen molar-refractivity contribution in [1.29, 1.82) is 0 Å². The average Bonchev–Trinajstić information content (AvgIpc) is 3.03. The van der Waals surface area contributed by atoms with Crippen molar-refractivity contribution >= 4 is 29.1 Å². The number of methoxy groups -OCH3 is 2. The number of ether oxygens (including phenoxy) is 2. The maximum atomic E-state index is 13.0. The molecule has 0 bridgehead atoms. The number of hydrogen-bond acceptors (Lipinski definition) is 6. The van der Waals surface area contributed by atoms with Crippen LogP contribution in [0.1, 0.15) is 23.6 Å². The molecule has 2 aromatic rings. The van der Waals surface area contributed by atoms with Crippen molar-refractivity contribution in [3.8, 4) is 11.5 Å². The second-order valence-electron chi connectivity index (χ2n) is 7.77. The van der Waals surface area contributed by atoms with Crippen molar-refractivity contribution in [2.75, 3.05) is 41.4 Å². The Hall–Kier alpha value is -3.03. The monoisotopic (exact) mass is 458 g/mol. The van der Waals surface area contributed by atoms with Crippen LogP contribution in [0.4, 0.5) is 0 Å². The van der Waals surface area contributed by atoms with Crippen LogP contribution in [0.5, 0.6) is 11.5 Å². The molecule has 0 unspecified atom stereocenters. The first kappa shape index (κ1) is 23.6. The van der Waals surface area contributed by atoms with Crippen LogP contribution in [-0.2, 0) is 9.59 Å². The molecule has 2 aromatic carbocycles. The first-order valence-corrected chi connectivity index (χ1v) is 10.6. The Morgan fingerprint density at radius 2 is 1.78 bits per heavy atom. The van der Waals surface area contributed by atoms with E-state index in [0.717, 1.165) is 6.54 Å². The Morgan fingerprint density at radius 1 is 1.09 bits per heavy atom. The number of halogens is 1. The van der Waals surface area contributed by atoms with Gasteiger partial charge in [-0.3, -0.25) is 9.59 Å². The largest absolute Gasteiger partial charge is 0.507 e. The zero-order valence-electron chi connectivity index (χ0n) is 18.6. The number of hydrogen-bond donors (Lipinski definition) is 1. The van der Waals surface area contributed by atoms with Gasteiger partial charge in [0.1, 0.15) is 17.3 Å². The number of aliphatic hydroxyl groups is 1. The van der Waals surface area contributed by atoms with E-state index in [1.807, 2.05) is 19.0 Å². The summed E-state index contributed by atoms with van der Waals surface area (Å²) in [6.07, 6.45) is 0.682. The maximum Gasteiger partial charge on any atom is 0.295 e. The molecule has 1 amide bonds. The minimum Gasteiger partial charge on any atom is -0.507 e. The molecule has 8 heteroatoms. The fraction of sp³-hybridized carbons (Fsp3) is 0.333. The quantitative estimate of drug-likeness (QED) is 0.369. The molecular formula is C24H27ClN2O5. The summed E-state index contributed by atoms with van der Waals surface area (Å²) >= 11 is 6.22. The maximum absolute atomic E-state index is 13.0. The Morgan fingerprint density at radius 3 is 2.34 bits per heavy atom. The fourth-order valence-electron chi connectivity index (χ4n) is 3.77. The third-order valence-electron chi connectivity index (χ3n) is 5.40. The Bertz CT molecular complexity index is 1030. The highest BCUT2D eigenvalue weighted by Gasteiger charge is 2.45.